The zero-order valence-electron chi connectivity index (χ0n) is 27.6. The number of hydrogen-bond donors (Lipinski definition) is 0. The van der Waals surface area contributed by atoms with Gasteiger partial charge < -0.3 is 4.57 Å². The molecule has 0 amide bonds. The molecular formula is C43H40BNS. The standard InChI is InChI=1S/C43H40BNS/c1-26(2)30-23-34(27(3)4)43(35(24-30)28(5)6)44-36-16-10-12-18-40(36)46-41-25-31(20-21-37(41)44)45-38-17-11-9-15-33(38)42-32-14-8-7-13-29(32)19-22-39(42)45/h7-28H,1-6H3. The van der Waals surface area contributed by atoms with E-state index in [1.165, 1.54) is 81.1 Å². The SMILES string of the molecule is CC(C)c1cc(C(C)C)c(B2c3ccccc3Sc3cc(-n4c5ccccc5c5c6ccccc6ccc54)ccc32)c(C(C)C)c1. The normalized spacial score (nSPS) is 13.0. The Bertz CT molecular complexity index is 2260. The summed E-state index contributed by atoms with van der Waals surface area (Å²) in [5, 5.41) is 5.22. The van der Waals surface area contributed by atoms with Gasteiger partial charge in [-0.1, -0.05) is 155 Å². The first-order chi connectivity index (χ1) is 22.3. The number of fused-ring (bicyclic) bond motifs is 7. The average molecular weight is 614 g/mol. The van der Waals surface area contributed by atoms with E-state index in [4.69, 9.17) is 0 Å². The Labute approximate surface area is 277 Å². The maximum Gasteiger partial charge on any atom is 0.244 e. The molecule has 1 aromatic heterocycles. The van der Waals surface area contributed by atoms with Crippen LogP contribution >= 0.6 is 11.8 Å². The fraction of sp³-hybridized carbons (Fsp3) is 0.209. The van der Waals surface area contributed by atoms with E-state index in [0.717, 1.165) is 0 Å². The molecule has 0 aliphatic carbocycles. The van der Waals surface area contributed by atoms with E-state index in [-0.39, 0.29) is 6.71 Å². The van der Waals surface area contributed by atoms with Gasteiger partial charge in [0.05, 0.1) is 11.0 Å². The summed E-state index contributed by atoms with van der Waals surface area (Å²) in [5.74, 6) is 1.36. The van der Waals surface area contributed by atoms with Gasteiger partial charge in [-0.3, -0.25) is 0 Å². The number of benzene rings is 6. The van der Waals surface area contributed by atoms with E-state index in [1.54, 1.807) is 0 Å². The molecule has 3 heteroatoms. The van der Waals surface area contributed by atoms with Crippen molar-refractivity contribution in [3.63, 3.8) is 0 Å². The minimum absolute atomic E-state index is 0.194. The number of rotatable bonds is 5. The van der Waals surface area contributed by atoms with E-state index in [2.05, 4.69) is 161 Å². The molecule has 2 heterocycles. The Kier molecular flexibility index (Phi) is 7.14. The van der Waals surface area contributed by atoms with Crippen molar-refractivity contribution in [3.05, 3.63) is 132 Å². The number of hydrogen-bond acceptors (Lipinski definition) is 1. The lowest BCUT2D eigenvalue weighted by Crippen LogP contribution is -2.57. The first kappa shape index (κ1) is 29.2. The zero-order chi connectivity index (χ0) is 31.7. The van der Waals surface area contributed by atoms with Crippen LogP contribution in [0.3, 0.4) is 0 Å². The Morgan fingerprint density at radius 2 is 1.20 bits per heavy atom. The van der Waals surface area contributed by atoms with Gasteiger partial charge in [-0.05, 0) is 75.5 Å². The van der Waals surface area contributed by atoms with Crippen molar-refractivity contribution in [1.29, 1.82) is 0 Å². The van der Waals surface area contributed by atoms with Crippen molar-refractivity contribution in [3.8, 4) is 5.69 Å². The second-order valence-electron chi connectivity index (χ2n) is 13.9. The van der Waals surface area contributed by atoms with Gasteiger partial charge in [-0.15, -0.1) is 0 Å². The fourth-order valence-electron chi connectivity index (χ4n) is 7.76. The van der Waals surface area contributed by atoms with Crippen LogP contribution in [0.5, 0.6) is 0 Å². The van der Waals surface area contributed by atoms with Crippen LogP contribution in [0, 0.1) is 0 Å². The van der Waals surface area contributed by atoms with Gasteiger partial charge in [0.25, 0.3) is 0 Å². The van der Waals surface area contributed by atoms with Gasteiger partial charge >= 0.3 is 0 Å². The Balaban J connectivity index is 1.39. The lowest BCUT2D eigenvalue weighted by molar-refractivity contribution is 0.812. The van der Waals surface area contributed by atoms with Crippen molar-refractivity contribution in [1.82, 2.24) is 4.57 Å². The second kappa shape index (κ2) is 11.2. The predicted octanol–water partition coefficient (Wildman–Crippen LogP) is 10.3. The summed E-state index contributed by atoms with van der Waals surface area (Å²) < 4.78 is 2.48. The highest BCUT2D eigenvalue weighted by Crippen LogP contribution is 2.39. The topological polar surface area (TPSA) is 4.93 Å². The molecule has 0 bridgehead atoms. The molecule has 46 heavy (non-hydrogen) atoms. The molecule has 7 aromatic rings. The van der Waals surface area contributed by atoms with Crippen molar-refractivity contribution in [2.24, 2.45) is 0 Å². The highest BCUT2D eigenvalue weighted by Gasteiger charge is 2.35. The van der Waals surface area contributed by atoms with E-state index < -0.39 is 0 Å². The lowest BCUT2D eigenvalue weighted by atomic mass is 9.34. The fourth-order valence-corrected chi connectivity index (χ4v) is 8.93. The van der Waals surface area contributed by atoms with E-state index in [9.17, 15) is 0 Å². The molecule has 0 spiro atoms. The summed E-state index contributed by atoms with van der Waals surface area (Å²) in [6.07, 6.45) is 0. The molecule has 0 radical (unpaired) electrons. The first-order valence-corrected chi connectivity index (χ1v) is 17.6. The molecule has 1 aliphatic rings. The van der Waals surface area contributed by atoms with Crippen LogP contribution in [0.2, 0.25) is 0 Å². The van der Waals surface area contributed by atoms with E-state index in [1.807, 2.05) is 11.8 Å². The lowest BCUT2D eigenvalue weighted by Gasteiger charge is -2.32. The smallest absolute Gasteiger partial charge is 0.244 e. The molecular weight excluding hydrogens is 573 g/mol. The van der Waals surface area contributed by atoms with Crippen molar-refractivity contribution < 1.29 is 0 Å². The van der Waals surface area contributed by atoms with Gasteiger partial charge in [0, 0.05) is 26.3 Å². The summed E-state index contributed by atoms with van der Waals surface area (Å²) >= 11 is 1.93. The van der Waals surface area contributed by atoms with Crippen LogP contribution in [0.25, 0.3) is 38.3 Å². The third-order valence-corrected chi connectivity index (χ3v) is 11.2. The van der Waals surface area contributed by atoms with E-state index >= 15 is 0 Å². The van der Waals surface area contributed by atoms with Gasteiger partial charge in [-0.25, -0.2) is 0 Å². The molecule has 0 atom stereocenters. The number of aromatic nitrogens is 1. The van der Waals surface area contributed by atoms with Gasteiger partial charge in [0.2, 0.25) is 6.71 Å². The summed E-state index contributed by atoms with van der Waals surface area (Å²) in [6.45, 7) is 14.3. The number of nitrogens with zero attached hydrogens (tertiary/aromatic N) is 1. The summed E-state index contributed by atoms with van der Waals surface area (Å²) in [6, 6.07) is 43.6. The van der Waals surface area contributed by atoms with Gasteiger partial charge in [0.15, 0.2) is 0 Å². The molecule has 0 saturated heterocycles. The maximum absolute atomic E-state index is 2.51. The molecule has 0 fully saturated rings. The summed E-state index contributed by atoms with van der Waals surface area (Å²) in [4.78, 5) is 2.72. The third kappa shape index (κ3) is 4.54. The molecule has 0 N–H and O–H groups in total. The minimum Gasteiger partial charge on any atom is -0.309 e. The van der Waals surface area contributed by atoms with Crippen molar-refractivity contribution >= 4 is 67.4 Å². The number of para-hydroxylation sites is 1. The zero-order valence-corrected chi connectivity index (χ0v) is 28.5. The largest absolute Gasteiger partial charge is 0.309 e. The second-order valence-corrected chi connectivity index (χ2v) is 15.0. The van der Waals surface area contributed by atoms with Crippen LogP contribution in [-0.4, -0.2) is 11.3 Å². The first-order valence-electron chi connectivity index (χ1n) is 16.8. The van der Waals surface area contributed by atoms with Crippen molar-refractivity contribution in [2.75, 3.05) is 0 Å². The molecule has 0 unspecified atom stereocenters. The minimum atomic E-state index is 0.194. The molecule has 0 saturated carbocycles. The average Bonchev–Trinajstić information content (AvgIpc) is 3.41. The molecule has 6 aromatic carbocycles. The summed E-state index contributed by atoms with van der Waals surface area (Å²) in [5.41, 5.74) is 12.5. The monoisotopic (exact) mass is 613 g/mol. The van der Waals surface area contributed by atoms with Gasteiger partial charge in [-0.2, -0.15) is 0 Å². The maximum atomic E-state index is 2.51. The third-order valence-electron chi connectivity index (χ3n) is 10.0. The highest BCUT2D eigenvalue weighted by molar-refractivity contribution is 8.00. The van der Waals surface area contributed by atoms with Crippen LogP contribution in [0.4, 0.5) is 0 Å². The van der Waals surface area contributed by atoms with Crippen LogP contribution in [0.1, 0.15) is 76.0 Å². The van der Waals surface area contributed by atoms with E-state index in [0.29, 0.717) is 17.8 Å². The molecule has 1 aliphatic heterocycles. The van der Waals surface area contributed by atoms with Gasteiger partial charge in [0.1, 0.15) is 0 Å². The quantitative estimate of drug-likeness (QED) is 0.175. The van der Waals surface area contributed by atoms with Crippen LogP contribution < -0.4 is 16.4 Å². The van der Waals surface area contributed by atoms with Crippen LogP contribution in [-0.2, 0) is 0 Å². The van der Waals surface area contributed by atoms with Crippen LogP contribution in [0.15, 0.2) is 125 Å². The highest BCUT2D eigenvalue weighted by atomic mass is 32.2. The molecule has 226 valence electrons. The van der Waals surface area contributed by atoms with Crippen molar-refractivity contribution in [2.45, 2.75) is 69.1 Å². The molecule has 8 rings (SSSR count). The Morgan fingerprint density at radius 1 is 0.543 bits per heavy atom. The molecule has 1 nitrogen and oxygen atoms in total. The Hall–Kier alpha value is -4.21. The Morgan fingerprint density at radius 3 is 1.93 bits per heavy atom. The predicted molar refractivity (Wildman–Crippen MR) is 202 cm³/mol. The summed E-state index contributed by atoms with van der Waals surface area (Å²) in [7, 11) is 0.